The van der Waals surface area contributed by atoms with Gasteiger partial charge in [0.25, 0.3) is 0 Å². The van der Waals surface area contributed by atoms with E-state index in [0.717, 1.165) is 32.1 Å². The lowest BCUT2D eigenvalue weighted by molar-refractivity contribution is 0.131. The highest BCUT2D eigenvalue weighted by Gasteiger charge is 2.34. The van der Waals surface area contributed by atoms with E-state index in [-0.39, 0.29) is 5.41 Å². The smallest absolute Gasteiger partial charge is 0.191 e. The van der Waals surface area contributed by atoms with Gasteiger partial charge in [-0.3, -0.25) is 4.99 Å². The van der Waals surface area contributed by atoms with Crippen LogP contribution in [0, 0.1) is 10.8 Å². The average Bonchev–Trinajstić information content (AvgIpc) is 2.33. The van der Waals surface area contributed by atoms with E-state index in [2.05, 4.69) is 57.3 Å². The molecule has 1 aliphatic carbocycles. The Morgan fingerprint density at radius 1 is 1.19 bits per heavy atom. The number of rotatable bonds is 8. The molecule has 0 radical (unpaired) electrons. The minimum absolute atomic E-state index is 0.199. The first-order chi connectivity index (χ1) is 9.82. The van der Waals surface area contributed by atoms with Gasteiger partial charge in [-0.2, -0.15) is 0 Å². The molecule has 2 N–H and O–H groups in total. The maximum absolute atomic E-state index is 4.80. The normalized spacial score (nSPS) is 18.5. The molecule has 0 amide bonds. The van der Waals surface area contributed by atoms with Gasteiger partial charge in [-0.1, -0.05) is 27.2 Å². The van der Waals surface area contributed by atoms with Crippen molar-refractivity contribution in [2.24, 2.45) is 15.8 Å². The Labute approximate surface area is 131 Å². The zero-order valence-corrected chi connectivity index (χ0v) is 15.1. The van der Waals surface area contributed by atoms with Crippen LogP contribution in [-0.2, 0) is 0 Å². The van der Waals surface area contributed by atoms with Crippen LogP contribution < -0.4 is 10.6 Å². The van der Waals surface area contributed by atoms with Crippen molar-refractivity contribution in [1.82, 2.24) is 15.5 Å². The lowest BCUT2D eigenvalue weighted by Gasteiger charge is -2.41. The number of guanidine groups is 1. The van der Waals surface area contributed by atoms with Gasteiger partial charge in [-0.25, -0.2) is 0 Å². The molecule has 0 atom stereocenters. The third-order valence-electron chi connectivity index (χ3n) is 4.55. The quantitative estimate of drug-likeness (QED) is 0.534. The van der Waals surface area contributed by atoms with Crippen molar-refractivity contribution < 1.29 is 0 Å². The van der Waals surface area contributed by atoms with Crippen LogP contribution in [0.4, 0.5) is 0 Å². The summed E-state index contributed by atoms with van der Waals surface area (Å²) in [5, 5.41) is 6.94. The minimum Gasteiger partial charge on any atom is -0.357 e. The van der Waals surface area contributed by atoms with Crippen molar-refractivity contribution in [2.45, 2.75) is 53.4 Å². The van der Waals surface area contributed by atoms with Gasteiger partial charge >= 0.3 is 0 Å². The van der Waals surface area contributed by atoms with E-state index in [9.17, 15) is 0 Å². The first-order valence-corrected chi connectivity index (χ1v) is 8.49. The second kappa shape index (κ2) is 8.02. The van der Waals surface area contributed by atoms with Crippen LogP contribution >= 0.6 is 0 Å². The number of nitrogens with one attached hydrogen (secondary N) is 2. The summed E-state index contributed by atoms with van der Waals surface area (Å²) in [7, 11) is 4.24. The van der Waals surface area contributed by atoms with Gasteiger partial charge in [-0.15, -0.1) is 0 Å². The van der Waals surface area contributed by atoms with E-state index in [0.29, 0.717) is 5.41 Å². The first-order valence-electron chi connectivity index (χ1n) is 8.49. The minimum atomic E-state index is 0.199. The topological polar surface area (TPSA) is 39.7 Å². The van der Waals surface area contributed by atoms with E-state index in [1.54, 1.807) is 0 Å². The molecular weight excluding hydrogens is 260 g/mol. The fourth-order valence-electron chi connectivity index (χ4n) is 3.14. The molecule has 1 saturated carbocycles. The maximum atomic E-state index is 4.80. The summed E-state index contributed by atoms with van der Waals surface area (Å²) in [5.74, 6) is 0.976. The zero-order valence-electron chi connectivity index (χ0n) is 15.1. The molecule has 0 bridgehead atoms. The summed E-state index contributed by atoms with van der Waals surface area (Å²) in [6.07, 6.45) is 5.38. The Hall–Kier alpha value is -0.770. The molecule has 0 aromatic carbocycles. The first kappa shape index (κ1) is 18.3. The molecule has 0 heterocycles. The fraction of sp³-hybridized carbons (Fsp3) is 0.941. The fourth-order valence-corrected chi connectivity index (χ4v) is 3.14. The Bertz CT molecular complexity index is 324. The second-order valence-corrected chi connectivity index (χ2v) is 7.66. The zero-order chi connectivity index (χ0) is 15.9. The molecule has 0 aromatic heterocycles. The Kier molecular flexibility index (Phi) is 6.98. The van der Waals surface area contributed by atoms with Crippen LogP contribution in [0.3, 0.4) is 0 Å². The molecule has 0 unspecified atom stereocenters. The number of aliphatic imine (C=N–C) groups is 1. The van der Waals surface area contributed by atoms with Crippen molar-refractivity contribution in [3.63, 3.8) is 0 Å². The van der Waals surface area contributed by atoms with E-state index in [1.807, 2.05) is 0 Å². The van der Waals surface area contributed by atoms with Crippen molar-refractivity contribution in [3.05, 3.63) is 0 Å². The van der Waals surface area contributed by atoms with Crippen LogP contribution in [0.15, 0.2) is 4.99 Å². The highest BCUT2D eigenvalue weighted by Crippen LogP contribution is 2.42. The van der Waals surface area contributed by atoms with Gasteiger partial charge in [-0.05, 0) is 51.1 Å². The summed E-state index contributed by atoms with van der Waals surface area (Å²) in [6, 6.07) is 0. The SMILES string of the molecule is CCNC(=NCC(C)(C)CN(C)C)NCC1(CC)CCC1. The van der Waals surface area contributed by atoms with Gasteiger partial charge < -0.3 is 15.5 Å². The summed E-state index contributed by atoms with van der Waals surface area (Å²) in [6.45, 7) is 12.9. The highest BCUT2D eigenvalue weighted by molar-refractivity contribution is 5.79. The van der Waals surface area contributed by atoms with Gasteiger partial charge in [0, 0.05) is 26.2 Å². The molecule has 4 nitrogen and oxygen atoms in total. The molecule has 0 spiro atoms. The molecule has 0 aliphatic heterocycles. The van der Waals surface area contributed by atoms with Crippen LogP contribution in [0.5, 0.6) is 0 Å². The van der Waals surface area contributed by atoms with Gasteiger partial charge in [0.1, 0.15) is 0 Å². The third kappa shape index (κ3) is 6.25. The molecule has 1 rings (SSSR count). The Balaban J connectivity index is 2.53. The highest BCUT2D eigenvalue weighted by atomic mass is 15.2. The third-order valence-corrected chi connectivity index (χ3v) is 4.55. The van der Waals surface area contributed by atoms with Crippen LogP contribution in [0.1, 0.15) is 53.4 Å². The summed E-state index contributed by atoms with van der Waals surface area (Å²) in [4.78, 5) is 7.03. The van der Waals surface area contributed by atoms with Gasteiger partial charge in [0.2, 0.25) is 0 Å². The Morgan fingerprint density at radius 2 is 1.86 bits per heavy atom. The van der Waals surface area contributed by atoms with Crippen LogP contribution in [-0.4, -0.2) is 51.1 Å². The van der Waals surface area contributed by atoms with Crippen molar-refractivity contribution in [1.29, 1.82) is 0 Å². The molecule has 1 fully saturated rings. The van der Waals surface area contributed by atoms with Crippen molar-refractivity contribution in [3.8, 4) is 0 Å². The van der Waals surface area contributed by atoms with E-state index >= 15 is 0 Å². The van der Waals surface area contributed by atoms with Gasteiger partial charge in [0.05, 0.1) is 0 Å². The largest absolute Gasteiger partial charge is 0.357 e. The van der Waals surface area contributed by atoms with Crippen molar-refractivity contribution in [2.75, 3.05) is 40.3 Å². The number of hydrogen-bond acceptors (Lipinski definition) is 2. The summed E-state index contributed by atoms with van der Waals surface area (Å²) >= 11 is 0. The molecule has 21 heavy (non-hydrogen) atoms. The number of hydrogen-bond donors (Lipinski definition) is 2. The molecule has 0 saturated heterocycles. The van der Waals surface area contributed by atoms with E-state index in [4.69, 9.17) is 4.99 Å². The lowest BCUT2D eigenvalue weighted by atomic mass is 9.67. The molecule has 0 aromatic rings. The predicted molar refractivity (Wildman–Crippen MR) is 92.9 cm³/mol. The average molecular weight is 297 g/mol. The maximum Gasteiger partial charge on any atom is 0.191 e. The monoisotopic (exact) mass is 296 g/mol. The van der Waals surface area contributed by atoms with Crippen LogP contribution in [0.2, 0.25) is 0 Å². The molecular formula is C17H36N4. The predicted octanol–water partition coefficient (Wildman–Crippen LogP) is 2.71. The standard InChI is InChI=1S/C17H36N4/c1-7-17(10-9-11-17)13-20-15(18-8-2)19-12-16(3,4)14-21(5)6/h7-14H2,1-6H3,(H2,18,19,20). The Morgan fingerprint density at radius 3 is 2.29 bits per heavy atom. The second-order valence-electron chi connectivity index (χ2n) is 7.66. The summed E-state index contributed by atoms with van der Waals surface area (Å²) in [5.41, 5.74) is 0.722. The van der Waals surface area contributed by atoms with Crippen LogP contribution in [0.25, 0.3) is 0 Å². The van der Waals surface area contributed by atoms with E-state index in [1.165, 1.54) is 25.7 Å². The summed E-state index contributed by atoms with van der Waals surface area (Å²) < 4.78 is 0. The van der Waals surface area contributed by atoms with Crippen molar-refractivity contribution >= 4 is 5.96 Å². The number of nitrogens with zero attached hydrogens (tertiary/aromatic N) is 2. The molecule has 1 aliphatic rings. The van der Waals surface area contributed by atoms with Gasteiger partial charge in [0.15, 0.2) is 5.96 Å². The van der Waals surface area contributed by atoms with E-state index < -0.39 is 0 Å². The molecule has 4 heteroatoms. The lowest BCUT2D eigenvalue weighted by Crippen LogP contribution is -2.46. The molecule has 124 valence electrons.